The zero-order chi connectivity index (χ0) is 36.8. The van der Waals surface area contributed by atoms with Crippen molar-refractivity contribution in [2.45, 2.75) is 159 Å². The summed E-state index contributed by atoms with van der Waals surface area (Å²) in [5, 5.41) is 3.55. The minimum atomic E-state index is -0.516. The highest BCUT2D eigenvalue weighted by Gasteiger charge is 2.45. The van der Waals surface area contributed by atoms with Crippen LogP contribution in [0.5, 0.6) is 0 Å². The van der Waals surface area contributed by atoms with Gasteiger partial charge < -0.3 is 15.8 Å². The van der Waals surface area contributed by atoms with Gasteiger partial charge >= 0.3 is 23.0 Å². The van der Waals surface area contributed by atoms with Gasteiger partial charge in [-0.2, -0.15) is 0 Å². The molecule has 0 aromatic carbocycles. The van der Waals surface area contributed by atoms with E-state index < -0.39 is 28.5 Å². The van der Waals surface area contributed by atoms with Crippen LogP contribution >= 0.6 is 0 Å². The van der Waals surface area contributed by atoms with Gasteiger partial charge in [0, 0.05) is 44.3 Å². The number of nitrogens with one attached hydrogen (secondary N) is 1. The third-order valence-corrected chi connectivity index (χ3v) is 11.5. The van der Waals surface area contributed by atoms with Gasteiger partial charge in [0.2, 0.25) is 0 Å². The summed E-state index contributed by atoms with van der Waals surface area (Å²) in [5.41, 5.74) is 4.04. The Kier molecular flexibility index (Phi) is 11.2. The SMILES string of the molecule is C=CC(=O)OCCNC1CC(C)(C)CC(C)(Cn2c(=O)n(CC3(C)CC(C)CC(C)(C)C3)c(=O)n(CC3(C)CC(N)CC(C)(C)C3)c2=O)C1. The number of carbonyl (C=O) groups is 1. The first kappa shape index (κ1) is 39.3. The average molecular weight is 686 g/mol. The Morgan fingerprint density at radius 3 is 1.61 bits per heavy atom. The average Bonchev–Trinajstić information content (AvgIpc) is 2.90. The molecular weight excluding hydrogens is 618 g/mol. The van der Waals surface area contributed by atoms with E-state index in [4.69, 9.17) is 10.5 Å². The molecule has 0 aliphatic heterocycles. The largest absolute Gasteiger partial charge is 0.461 e. The van der Waals surface area contributed by atoms with E-state index in [1.165, 1.54) is 13.7 Å². The number of nitrogens with zero attached hydrogens (tertiary/aromatic N) is 3. The van der Waals surface area contributed by atoms with Gasteiger partial charge in [0.25, 0.3) is 0 Å². The van der Waals surface area contributed by atoms with Crippen LogP contribution in [0.2, 0.25) is 0 Å². The summed E-state index contributed by atoms with van der Waals surface area (Å²) >= 11 is 0. The van der Waals surface area contributed by atoms with Crippen LogP contribution in [0.3, 0.4) is 0 Å². The monoisotopic (exact) mass is 686 g/mol. The molecule has 3 fully saturated rings. The Balaban J connectivity index is 1.76. The molecule has 0 bridgehead atoms. The normalized spacial score (nSPS) is 33.9. The first-order chi connectivity index (χ1) is 22.4. The van der Waals surface area contributed by atoms with Crippen LogP contribution in [0.4, 0.5) is 0 Å². The smallest absolute Gasteiger partial charge is 0.336 e. The molecule has 0 radical (unpaired) electrons. The molecule has 1 aromatic heterocycles. The van der Waals surface area contributed by atoms with Gasteiger partial charge in [0.05, 0.1) is 0 Å². The molecule has 3 saturated carbocycles. The van der Waals surface area contributed by atoms with Crippen molar-refractivity contribution in [3.63, 3.8) is 0 Å². The van der Waals surface area contributed by atoms with Crippen LogP contribution in [0.25, 0.3) is 0 Å². The van der Waals surface area contributed by atoms with E-state index in [2.05, 4.69) is 81.1 Å². The molecular formula is C39H67N5O5. The third kappa shape index (κ3) is 9.87. The molecule has 49 heavy (non-hydrogen) atoms. The lowest BCUT2D eigenvalue weighted by Crippen LogP contribution is -2.59. The van der Waals surface area contributed by atoms with Crippen molar-refractivity contribution in [1.82, 2.24) is 19.0 Å². The second-order valence-electron chi connectivity index (χ2n) is 20.2. The maximum atomic E-state index is 14.5. The highest BCUT2D eigenvalue weighted by Crippen LogP contribution is 2.50. The number of aromatic nitrogens is 3. The van der Waals surface area contributed by atoms with Crippen molar-refractivity contribution in [3.8, 4) is 0 Å². The molecule has 10 heteroatoms. The number of nitrogens with two attached hydrogens (primary N) is 1. The molecule has 4 rings (SSSR count). The fraction of sp³-hybridized carbons (Fsp3) is 0.846. The first-order valence-electron chi connectivity index (χ1n) is 18.6. The number of ether oxygens (including phenoxy) is 1. The summed E-state index contributed by atoms with van der Waals surface area (Å²) in [4.78, 5) is 55.0. The van der Waals surface area contributed by atoms with E-state index in [1.807, 2.05) is 0 Å². The Morgan fingerprint density at radius 2 is 1.16 bits per heavy atom. The molecule has 0 spiro atoms. The fourth-order valence-electron chi connectivity index (χ4n) is 11.7. The van der Waals surface area contributed by atoms with Crippen molar-refractivity contribution in [2.24, 2.45) is 44.1 Å². The van der Waals surface area contributed by atoms with E-state index in [-0.39, 0.29) is 65.4 Å². The quantitative estimate of drug-likeness (QED) is 0.180. The van der Waals surface area contributed by atoms with Gasteiger partial charge in [-0.1, -0.05) is 75.8 Å². The van der Waals surface area contributed by atoms with Crippen LogP contribution in [0, 0.1) is 38.4 Å². The number of carbonyl (C=O) groups excluding carboxylic acids is 1. The zero-order valence-corrected chi connectivity index (χ0v) is 32.4. The summed E-state index contributed by atoms with van der Waals surface area (Å²) in [7, 11) is 0. The molecule has 3 N–H and O–H groups in total. The van der Waals surface area contributed by atoms with Gasteiger partial charge in [-0.25, -0.2) is 32.9 Å². The standard InChI is InChI=1S/C39H67N5O5/c1-12-30(45)49-14-13-41-29-19-36(7,8)23-39(11,20-29)26-44-32(47)42(24-37(9)16-27(2)15-34(3,4)21-37)31(46)43(33(44)48)25-38(10)18-28(40)17-35(5,6)22-38/h12,27-29,41H,1,13-26,40H2,2-11H3. The van der Waals surface area contributed by atoms with Crippen molar-refractivity contribution in [3.05, 3.63) is 44.1 Å². The topological polar surface area (TPSA) is 130 Å². The van der Waals surface area contributed by atoms with Crippen LogP contribution in [0.1, 0.15) is 127 Å². The maximum Gasteiger partial charge on any atom is 0.336 e. The summed E-state index contributed by atoms with van der Waals surface area (Å²) in [6.07, 6.45) is 9.00. The Labute approximate surface area is 294 Å². The Bertz CT molecular complexity index is 1490. The molecule has 10 nitrogen and oxygen atoms in total. The van der Waals surface area contributed by atoms with E-state index in [0.717, 1.165) is 57.4 Å². The highest BCUT2D eigenvalue weighted by molar-refractivity contribution is 5.81. The second-order valence-corrected chi connectivity index (χ2v) is 20.2. The van der Waals surface area contributed by atoms with Gasteiger partial charge in [0.15, 0.2) is 0 Å². The predicted octanol–water partition coefficient (Wildman–Crippen LogP) is 5.47. The molecule has 6 unspecified atom stereocenters. The lowest BCUT2D eigenvalue weighted by molar-refractivity contribution is -0.137. The van der Waals surface area contributed by atoms with Crippen molar-refractivity contribution >= 4 is 5.97 Å². The third-order valence-electron chi connectivity index (χ3n) is 11.5. The summed E-state index contributed by atoms with van der Waals surface area (Å²) in [6.45, 7) is 27.1. The summed E-state index contributed by atoms with van der Waals surface area (Å²) in [6, 6.07) is 0.0883. The minimum Gasteiger partial charge on any atom is -0.461 e. The molecule has 278 valence electrons. The van der Waals surface area contributed by atoms with Gasteiger partial charge in [0.1, 0.15) is 6.61 Å². The van der Waals surface area contributed by atoms with Crippen molar-refractivity contribution in [2.75, 3.05) is 13.2 Å². The molecule has 6 atom stereocenters. The first-order valence-corrected chi connectivity index (χ1v) is 18.6. The van der Waals surface area contributed by atoms with Gasteiger partial charge in [-0.15, -0.1) is 0 Å². The lowest BCUT2D eigenvalue weighted by atomic mass is 9.61. The Hall–Kier alpha value is -2.46. The van der Waals surface area contributed by atoms with E-state index in [0.29, 0.717) is 18.9 Å². The van der Waals surface area contributed by atoms with Crippen molar-refractivity contribution < 1.29 is 9.53 Å². The van der Waals surface area contributed by atoms with Crippen LogP contribution in [-0.2, 0) is 29.2 Å². The highest BCUT2D eigenvalue weighted by atomic mass is 16.5. The van der Waals surface area contributed by atoms with Gasteiger partial charge in [-0.3, -0.25) is 0 Å². The zero-order valence-electron chi connectivity index (χ0n) is 32.4. The minimum absolute atomic E-state index is 0.0180. The van der Waals surface area contributed by atoms with Crippen LogP contribution < -0.4 is 28.1 Å². The molecule has 1 heterocycles. The Morgan fingerprint density at radius 1 is 0.735 bits per heavy atom. The maximum absolute atomic E-state index is 14.5. The molecule has 3 aliphatic rings. The summed E-state index contributed by atoms with van der Waals surface area (Å²) < 4.78 is 9.33. The molecule has 0 amide bonds. The lowest BCUT2D eigenvalue weighted by Gasteiger charge is -2.47. The van der Waals surface area contributed by atoms with E-state index >= 15 is 0 Å². The van der Waals surface area contributed by atoms with Crippen molar-refractivity contribution in [1.29, 1.82) is 0 Å². The number of rotatable bonds is 11. The number of hydrogen-bond acceptors (Lipinski definition) is 7. The summed E-state index contributed by atoms with van der Waals surface area (Å²) in [5.74, 6) is 0.0182. The van der Waals surface area contributed by atoms with E-state index in [9.17, 15) is 19.2 Å². The second kappa shape index (κ2) is 13.9. The fourth-order valence-corrected chi connectivity index (χ4v) is 11.7. The molecule has 1 aromatic rings. The number of esters is 1. The van der Waals surface area contributed by atoms with Crippen LogP contribution in [0.15, 0.2) is 27.0 Å². The van der Waals surface area contributed by atoms with Crippen LogP contribution in [-0.4, -0.2) is 44.9 Å². The number of hydrogen-bond donors (Lipinski definition) is 2. The molecule has 0 saturated heterocycles. The van der Waals surface area contributed by atoms with Gasteiger partial charge in [-0.05, 0) is 96.2 Å². The van der Waals surface area contributed by atoms with E-state index in [1.54, 1.807) is 0 Å². The predicted molar refractivity (Wildman–Crippen MR) is 197 cm³/mol. The molecule has 3 aliphatic carbocycles.